The van der Waals surface area contributed by atoms with E-state index in [1.165, 1.54) is 11.1 Å². The Bertz CT molecular complexity index is 775. The van der Waals surface area contributed by atoms with Crippen LogP contribution in [0.2, 0.25) is 0 Å². The molecule has 2 heterocycles. The van der Waals surface area contributed by atoms with E-state index in [-0.39, 0.29) is 0 Å². The average molecular weight is 351 g/mol. The van der Waals surface area contributed by atoms with Gasteiger partial charge in [-0.1, -0.05) is 36.4 Å². The molecule has 1 unspecified atom stereocenters. The number of ether oxygens (including phenoxy) is 3. The number of benzene rings is 1. The highest BCUT2D eigenvalue weighted by Gasteiger charge is 2.27. The summed E-state index contributed by atoms with van der Waals surface area (Å²) >= 11 is 0. The third-order valence-corrected chi connectivity index (χ3v) is 5.18. The fourth-order valence-corrected chi connectivity index (χ4v) is 3.83. The maximum Gasteiger partial charge on any atom is 0.165 e. The highest BCUT2D eigenvalue weighted by molar-refractivity contribution is 5.37. The van der Waals surface area contributed by atoms with Crippen molar-refractivity contribution in [3.63, 3.8) is 0 Å². The molecule has 26 heavy (non-hydrogen) atoms. The standard InChI is InChI=1S/C22H25NO3/c1-24-21-10-6-5-9-20(21)18-11-12-23(13-18)14-19-15-25-16-22(26-19)17-7-3-2-4-8-17/h2-3,5-7,9-10,15-16,18H,4,8,11-14H2,1H3. The van der Waals surface area contributed by atoms with Gasteiger partial charge < -0.3 is 14.2 Å². The van der Waals surface area contributed by atoms with Crippen LogP contribution in [0.1, 0.15) is 30.7 Å². The lowest BCUT2D eigenvalue weighted by molar-refractivity contribution is 0.194. The fourth-order valence-electron chi connectivity index (χ4n) is 3.83. The van der Waals surface area contributed by atoms with Crippen molar-refractivity contribution >= 4 is 0 Å². The summed E-state index contributed by atoms with van der Waals surface area (Å²) in [5, 5.41) is 0. The van der Waals surface area contributed by atoms with Crippen molar-refractivity contribution < 1.29 is 14.2 Å². The Balaban J connectivity index is 1.36. The van der Waals surface area contributed by atoms with Crippen LogP contribution in [0.15, 0.2) is 72.1 Å². The van der Waals surface area contributed by atoms with Crippen molar-refractivity contribution in [3.05, 3.63) is 77.7 Å². The van der Waals surface area contributed by atoms with E-state index in [1.807, 2.05) is 12.1 Å². The predicted octanol–water partition coefficient (Wildman–Crippen LogP) is 4.49. The molecule has 1 aromatic carbocycles. The molecule has 4 nitrogen and oxygen atoms in total. The molecule has 0 N–H and O–H groups in total. The zero-order valence-corrected chi connectivity index (χ0v) is 15.2. The number of nitrogens with zero attached hydrogens (tertiary/aromatic N) is 1. The molecule has 1 aliphatic carbocycles. The molecule has 1 aromatic rings. The van der Waals surface area contributed by atoms with Gasteiger partial charge in [-0.25, -0.2) is 0 Å². The first-order chi connectivity index (χ1) is 12.8. The van der Waals surface area contributed by atoms with E-state index in [1.54, 1.807) is 19.6 Å². The summed E-state index contributed by atoms with van der Waals surface area (Å²) in [7, 11) is 1.74. The molecule has 0 spiro atoms. The van der Waals surface area contributed by atoms with Crippen molar-refractivity contribution in [2.24, 2.45) is 0 Å². The SMILES string of the molecule is COc1ccccc1C1CCN(CC2=COC=C(C3=CC=CCC3)O2)C1. The van der Waals surface area contributed by atoms with E-state index < -0.39 is 0 Å². The minimum absolute atomic E-state index is 0.498. The van der Waals surface area contributed by atoms with Crippen LogP contribution < -0.4 is 4.74 Å². The third kappa shape index (κ3) is 3.70. The Labute approximate surface area is 155 Å². The van der Waals surface area contributed by atoms with E-state index >= 15 is 0 Å². The molecule has 4 heteroatoms. The van der Waals surface area contributed by atoms with Crippen LogP contribution in [-0.4, -0.2) is 31.6 Å². The van der Waals surface area contributed by atoms with Gasteiger partial charge in [-0.2, -0.15) is 0 Å². The predicted molar refractivity (Wildman–Crippen MR) is 102 cm³/mol. The summed E-state index contributed by atoms with van der Waals surface area (Å²) in [5.41, 5.74) is 2.50. The molecule has 0 bridgehead atoms. The number of rotatable bonds is 5. The summed E-state index contributed by atoms with van der Waals surface area (Å²) in [5.74, 6) is 3.20. The Morgan fingerprint density at radius 3 is 3.00 bits per heavy atom. The highest BCUT2D eigenvalue weighted by Crippen LogP contribution is 2.34. The summed E-state index contributed by atoms with van der Waals surface area (Å²) in [4.78, 5) is 2.42. The van der Waals surface area contributed by atoms with Gasteiger partial charge in [0.1, 0.15) is 18.3 Å². The number of methoxy groups -OCH3 is 1. The van der Waals surface area contributed by atoms with Gasteiger partial charge >= 0.3 is 0 Å². The molecule has 136 valence electrons. The van der Waals surface area contributed by atoms with Gasteiger partial charge in [0.05, 0.1) is 13.7 Å². The van der Waals surface area contributed by atoms with Crippen LogP contribution in [0.25, 0.3) is 0 Å². The van der Waals surface area contributed by atoms with E-state index in [2.05, 4.69) is 35.3 Å². The molecule has 0 saturated carbocycles. The molecule has 0 amide bonds. The minimum Gasteiger partial charge on any atom is -0.496 e. The quantitative estimate of drug-likeness (QED) is 0.782. The number of hydrogen-bond acceptors (Lipinski definition) is 4. The lowest BCUT2D eigenvalue weighted by Gasteiger charge is -2.23. The normalized spacial score (nSPS) is 22.8. The first-order valence-electron chi connectivity index (χ1n) is 9.27. The molecule has 1 atom stereocenters. The van der Waals surface area contributed by atoms with Crippen LogP contribution in [-0.2, 0) is 9.47 Å². The second-order valence-electron chi connectivity index (χ2n) is 6.93. The summed E-state index contributed by atoms with van der Waals surface area (Å²) in [6, 6.07) is 8.33. The number of allylic oxidation sites excluding steroid dienone is 4. The van der Waals surface area contributed by atoms with Crippen molar-refractivity contribution in [3.8, 4) is 5.75 Å². The minimum atomic E-state index is 0.498. The molecule has 1 saturated heterocycles. The maximum atomic E-state index is 6.10. The largest absolute Gasteiger partial charge is 0.496 e. The van der Waals surface area contributed by atoms with E-state index in [0.717, 1.165) is 56.2 Å². The summed E-state index contributed by atoms with van der Waals surface area (Å²) in [6.07, 6.45) is 13.0. The topological polar surface area (TPSA) is 30.9 Å². The lowest BCUT2D eigenvalue weighted by Crippen LogP contribution is -2.25. The summed E-state index contributed by atoms with van der Waals surface area (Å²) in [6.45, 7) is 2.82. The van der Waals surface area contributed by atoms with Gasteiger partial charge in [0.15, 0.2) is 11.5 Å². The molecule has 1 fully saturated rings. The second kappa shape index (κ2) is 7.83. The molecule has 2 aliphatic heterocycles. The van der Waals surface area contributed by atoms with E-state index in [0.29, 0.717) is 5.92 Å². The average Bonchev–Trinajstić information content (AvgIpc) is 3.17. The van der Waals surface area contributed by atoms with Crippen molar-refractivity contribution in [1.29, 1.82) is 0 Å². The summed E-state index contributed by atoms with van der Waals surface area (Å²) < 4.78 is 17.2. The van der Waals surface area contributed by atoms with Gasteiger partial charge in [0.2, 0.25) is 0 Å². The van der Waals surface area contributed by atoms with Crippen molar-refractivity contribution in [1.82, 2.24) is 4.90 Å². The van der Waals surface area contributed by atoms with Crippen LogP contribution in [0.4, 0.5) is 0 Å². The molecular weight excluding hydrogens is 326 g/mol. The van der Waals surface area contributed by atoms with Gasteiger partial charge in [0.25, 0.3) is 0 Å². The monoisotopic (exact) mass is 351 g/mol. The van der Waals surface area contributed by atoms with Crippen molar-refractivity contribution in [2.45, 2.75) is 25.2 Å². The molecule has 4 rings (SSSR count). The smallest absolute Gasteiger partial charge is 0.165 e. The Morgan fingerprint density at radius 2 is 2.15 bits per heavy atom. The fraction of sp³-hybridized carbons (Fsp3) is 0.364. The highest BCUT2D eigenvalue weighted by atomic mass is 16.5. The first-order valence-corrected chi connectivity index (χ1v) is 9.27. The van der Waals surface area contributed by atoms with Crippen LogP contribution in [0.5, 0.6) is 5.75 Å². The lowest BCUT2D eigenvalue weighted by atomic mass is 9.97. The Morgan fingerprint density at radius 1 is 1.23 bits per heavy atom. The maximum absolute atomic E-state index is 6.10. The van der Waals surface area contributed by atoms with Gasteiger partial charge in [-0.15, -0.1) is 0 Å². The van der Waals surface area contributed by atoms with Gasteiger partial charge in [0, 0.05) is 12.5 Å². The molecule has 0 aromatic heterocycles. The van der Waals surface area contributed by atoms with E-state index in [4.69, 9.17) is 14.2 Å². The number of likely N-dealkylation sites (tertiary alicyclic amines) is 1. The van der Waals surface area contributed by atoms with Crippen LogP contribution in [0, 0.1) is 0 Å². The molecular formula is C22H25NO3. The first kappa shape index (κ1) is 17.0. The Kier molecular flexibility index (Phi) is 5.12. The van der Waals surface area contributed by atoms with E-state index in [9.17, 15) is 0 Å². The Hall–Kier alpha value is -2.46. The zero-order chi connectivity index (χ0) is 17.8. The zero-order valence-electron chi connectivity index (χ0n) is 15.2. The van der Waals surface area contributed by atoms with Gasteiger partial charge in [-0.3, -0.25) is 4.90 Å². The van der Waals surface area contributed by atoms with Crippen LogP contribution in [0.3, 0.4) is 0 Å². The van der Waals surface area contributed by atoms with Crippen LogP contribution >= 0.6 is 0 Å². The van der Waals surface area contributed by atoms with Crippen molar-refractivity contribution in [2.75, 3.05) is 26.7 Å². The third-order valence-electron chi connectivity index (χ3n) is 5.18. The number of para-hydroxylation sites is 1. The molecule has 3 aliphatic rings. The van der Waals surface area contributed by atoms with Gasteiger partial charge in [-0.05, 0) is 43.0 Å². The number of hydrogen-bond donors (Lipinski definition) is 0. The second-order valence-corrected chi connectivity index (χ2v) is 6.93. The molecule has 0 radical (unpaired) electrons.